The van der Waals surface area contributed by atoms with Gasteiger partial charge in [0.1, 0.15) is 6.04 Å². The highest BCUT2D eigenvalue weighted by atomic mass is 35.5. The van der Waals surface area contributed by atoms with Crippen LogP contribution in [0.15, 0.2) is 0 Å². The minimum Gasteiger partial charge on any atom is -0.480 e. The second-order valence-corrected chi connectivity index (χ2v) is 3.95. The molecule has 2 atom stereocenters. The van der Waals surface area contributed by atoms with Crippen LogP contribution in [0.4, 0.5) is 4.79 Å². The zero-order valence-corrected chi connectivity index (χ0v) is 10.3. The van der Waals surface area contributed by atoms with E-state index in [1.807, 2.05) is 0 Å². The van der Waals surface area contributed by atoms with Crippen LogP contribution in [0, 0.1) is 5.92 Å². The maximum absolute atomic E-state index is 10.4. The maximum Gasteiger partial charge on any atom is 0.403 e. The van der Waals surface area contributed by atoms with Crippen molar-refractivity contribution in [2.24, 2.45) is 5.92 Å². The van der Waals surface area contributed by atoms with Gasteiger partial charge in [-0.05, 0) is 32.2 Å². The van der Waals surface area contributed by atoms with Gasteiger partial charge in [-0.1, -0.05) is 6.92 Å². The molecule has 0 radical (unpaired) electrons. The highest BCUT2D eigenvalue weighted by Gasteiger charge is 2.23. The van der Waals surface area contributed by atoms with Crippen molar-refractivity contribution in [1.29, 1.82) is 0 Å². The van der Waals surface area contributed by atoms with E-state index in [2.05, 4.69) is 17.0 Å². The van der Waals surface area contributed by atoms with Gasteiger partial charge < -0.3 is 15.2 Å². The third kappa shape index (κ3) is 7.48. The molecular formula is C10H18ClNO4. The predicted octanol–water partition coefficient (Wildman–Crippen LogP) is 1.84. The van der Waals surface area contributed by atoms with Crippen molar-refractivity contribution in [3.05, 3.63) is 0 Å². The Labute approximate surface area is 100 Å². The molecule has 1 rings (SSSR count). The second kappa shape index (κ2) is 8.35. The summed E-state index contributed by atoms with van der Waals surface area (Å²) in [4.78, 5) is 20.0. The van der Waals surface area contributed by atoms with E-state index in [0.717, 1.165) is 19.4 Å². The van der Waals surface area contributed by atoms with Gasteiger partial charge in [0.25, 0.3) is 0 Å². The van der Waals surface area contributed by atoms with E-state index in [1.165, 1.54) is 0 Å². The van der Waals surface area contributed by atoms with Crippen molar-refractivity contribution in [1.82, 2.24) is 5.32 Å². The molecule has 16 heavy (non-hydrogen) atoms. The summed E-state index contributed by atoms with van der Waals surface area (Å²) in [7, 11) is 0. The molecule has 0 amide bonds. The molecule has 5 nitrogen and oxygen atoms in total. The van der Waals surface area contributed by atoms with Gasteiger partial charge in [-0.25, -0.2) is 4.79 Å². The first-order valence-electron chi connectivity index (χ1n) is 5.25. The van der Waals surface area contributed by atoms with Gasteiger partial charge in [0.15, 0.2) is 0 Å². The van der Waals surface area contributed by atoms with Crippen molar-refractivity contribution in [3.8, 4) is 0 Å². The summed E-state index contributed by atoms with van der Waals surface area (Å²) in [5.74, 6) is -0.158. The molecule has 1 heterocycles. The summed E-state index contributed by atoms with van der Waals surface area (Å²) < 4.78 is 4.17. The average Bonchev–Trinajstić information content (AvgIpc) is 2.18. The van der Waals surface area contributed by atoms with Gasteiger partial charge in [-0.2, -0.15) is 0 Å². The summed E-state index contributed by atoms with van der Waals surface area (Å²) >= 11 is 4.72. The Morgan fingerprint density at radius 3 is 2.44 bits per heavy atom. The quantitative estimate of drug-likeness (QED) is 0.733. The summed E-state index contributed by atoms with van der Waals surface area (Å²) in [6.07, 6.45) is 1.87. The molecule has 0 aromatic heterocycles. The summed E-state index contributed by atoms with van der Waals surface area (Å²) in [6.45, 7) is 4.98. The lowest BCUT2D eigenvalue weighted by atomic mass is 9.94. The van der Waals surface area contributed by atoms with E-state index in [0.29, 0.717) is 12.5 Å². The lowest BCUT2D eigenvalue weighted by Gasteiger charge is -2.24. The third-order valence-corrected chi connectivity index (χ3v) is 2.33. The van der Waals surface area contributed by atoms with E-state index in [-0.39, 0.29) is 6.04 Å². The van der Waals surface area contributed by atoms with Crippen LogP contribution in [0.2, 0.25) is 0 Å². The van der Waals surface area contributed by atoms with E-state index < -0.39 is 11.4 Å². The lowest BCUT2D eigenvalue weighted by Crippen LogP contribution is -2.42. The van der Waals surface area contributed by atoms with E-state index in [4.69, 9.17) is 16.7 Å². The Bertz CT molecular complexity index is 235. The Kier molecular flexibility index (Phi) is 7.93. The fourth-order valence-corrected chi connectivity index (χ4v) is 1.52. The van der Waals surface area contributed by atoms with Crippen LogP contribution in [0.1, 0.15) is 26.7 Å². The van der Waals surface area contributed by atoms with Crippen LogP contribution in [-0.2, 0) is 9.53 Å². The monoisotopic (exact) mass is 251 g/mol. The van der Waals surface area contributed by atoms with Gasteiger partial charge in [-0.15, -0.1) is 0 Å². The number of nitrogens with one attached hydrogen (secondary N) is 1. The van der Waals surface area contributed by atoms with Crippen molar-refractivity contribution in [2.75, 3.05) is 13.2 Å². The summed E-state index contributed by atoms with van der Waals surface area (Å²) in [5.41, 5.74) is -0.738. The summed E-state index contributed by atoms with van der Waals surface area (Å²) in [5, 5.41) is 11.5. The number of aliphatic carboxylic acids is 1. The molecule has 1 aliphatic rings. The topological polar surface area (TPSA) is 75.6 Å². The van der Waals surface area contributed by atoms with Crippen molar-refractivity contribution >= 4 is 23.0 Å². The van der Waals surface area contributed by atoms with Gasteiger partial charge in [-0.3, -0.25) is 4.79 Å². The number of piperidine rings is 1. The number of carbonyl (C=O) groups excluding carboxylic acids is 1. The fraction of sp³-hybridized carbons (Fsp3) is 0.800. The normalized spacial score (nSPS) is 23.9. The molecule has 1 saturated heterocycles. The molecule has 0 saturated carbocycles. The number of carbonyl (C=O) groups is 2. The van der Waals surface area contributed by atoms with Gasteiger partial charge in [0, 0.05) is 11.6 Å². The van der Waals surface area contributed by atoms with E-state index in [9.17, 15) is 9.59 Å². The molecule has 0 bridgehead atoms. The lowest BCUT2D eigenvalue weighted by molar-refractivity contribution is -0.140. The Morgan fingerprint density at radius 1 is 1.56 bits per heavy atom. The first-order chi connectivity index (χ1) is 7.47. The smallest absolute Gasteiger partial charge is 0.403 e. The molecule has 94 valence electrons. The molecule has 1 aliphatic heterocycles. The van der Waals surface area contributed by atoms with E-state index in [1.54, 1.807) is 6.92 Å². The maximum atomic E-state index is 10.4. The van der Waals surface area contributed by atoms with E-state index >= 15 is 0 Å². The second-order valence-electron chi connectivity index (χ2n) is 3.65. The SMILES string of the molecule is CCOC(=O)Cl.C[C@@H]1CCN[C@@H](C(=O)O)C1. The summed E-state index contributed by atoms with van der Waals surface area (Å²) in [6, 6.07) is -0.302. The van der Waals surface area contributed by atoms with Gasteiger partial charge in [0.05, 0.1) is 6.61 Å². The number of hydrogen-bond donors (Lipinski definition) is 2. The molecule has 0 spiro atoms. The van der Waals surface area contributed by atoms with Crippen LogP contribution < -0.4 is 5.32 Å². The standard InChI is InChI=1S/C7H13NO2.C3H5ClO2/c1-5-2-3-8-6(4-5)7(9)10;1-2-6-3(4)5/h5-6,8H,2-4H2,1H3,(H,9,10);2H2,1H3/t5-,6-;/m1./s1. The number of hydrogen-bond acceptors (Lipinski definition) is 4. The number of carboxylic acid groups (broad SMARTS) is 1. The number of halogens is 1. The van der Waals surface area contributed by atoms with Crippen LogP contribution in [0.3, 0.4) is 0 Å². The zero-order valence-electron chi connectivity index (χ0n) is 9.53. The first-order valence-corrected chi connectivity index (χ1v) is 5.63. The Morgan fingerprint density at radius 2 is 2.19 bits per heavy atom. The molecule has 1 fully saturated rings. The number of rotatable bonds is 2. The van der Waals surface area contributed by atoms with Crippen LogP contribution in [0.5, 0.6) is 0 Å². The van der Waals surface area contributed by atoms with Crippen LogP contribution in [0.25, 0.3) is 0 Å². The predicted molar refractivity (Wildman–Crippen MR) is 60.7 cm³/mol. The molecule has 0 unspecified atom stereocenters. The van der Waals surface area contributed by atoms with Crippen molar-refractivity contribution in [2.45, 2.75) is 32.7 Å². The fourth-order valence-electron chi connectivity index (χ4n) is 1.41. The number of carboxylic acids is 1. The Hall–Kier alpha value is -0.810. The minimum absolute atomic E-state index is 0.302. The molecule has 2 N–H and O–H groups in total. The molecule has 0 aromatic carbocycles. The van der Waals surface area contributed by atoms with Crippen molar-refractivity contribution < 1.29 is 19.4 Å². The van der Waals surface area contributed by atoms with Crippen LogP contribution >= 0.6 is 11.6 Å². The molecule has 0 aromatic rings. The zero-order chi connectivity index (χ0) is 12.6. The largest absolute Gasteiger partial charge is 0.480 e. The number of ether oxygens (including phenoxy) is 1. The average molecular weight is 252 g/mol. The molecular weight excluding hydrogens is 234 g/mol. The first kappa shape index (κ1) is 15.2. The van der Waals surface area contributed by atoms with Crippen LogP contribution in [-0.4, -0.2) is 35.7 Å². The highest BCUT2D eigenvalue weighted by molar-refractivity contribution is 6.61. The Balaban J connectivity index is 0.000000325. The van der Waals surface area contributed by atoms with Gasteiger partial charge in [0.2, 0.25) is 0 Å². The molecule has 0 aliphatic carbocycles. The van der Waals surface area contributed by atoms with Gasteiger partial charge >= 0.3 is 11.4 Å². The highest BCUT2D eigenvalue weighted by Crippen LogP contribution is 2.14. The minimum atomic E-state index is -0.738. The van der Waals surface area contributed by atoms with Crippen molar-refractivity contribution in [3.63, 3.8) is 0 Å². The third-order valence-electron chi connectivity index (χ3n) is 2.22. The molecule has 6 heteroatoms.